The Hall–Kier alpha value is -0.180. The van der Waals surface area contributed by atoms with Crippen molar-refractivity contribution >= 4 is 17.7 Å². The largest absolute Gasteiger partial charge is 0.480 e. The van der Waals surface area contributed by atoms with Gasteiger partial charge in [-0.05, 0) is 74.4 Å². The standard InChI is InChI=1S/C14H22O2S/c1-8(14(15)16)17-7-13-11-3-9-2-10(5-11)6-12(13)4-9/h8-13H,2-7H2,1H3,(H,15,16). The van der Waals surface area contributed by atoms with Crippen molar-refractivity contribution < 1.29 is 9.90 Å². The molecule has 17 heavy (non-hydrogen) atoms. The Kier molecular flexibility index (Phi) is 3.14. The molecule has 0 aromatic carbocycles. The maximum atomic E-state index is 10.9. The molecule has 2 nitrogen and oxygen atoms in total. The van der Waals surface area contributed by atoms with Gasteiger partial charge in [-0.15, -0.1) is 11.8 Å². The molecule has 1 unspecified atom stereocenters. The molecular formula is C14H22O2S. The van der Waals surface area contributed by atoms with Crippen molar-refractivity contribution in [1.29, 1.82) is 0 Å². The van der Waals surface area contributed by atoms with Gasteiger partial charge in [0.25, 0.3) is 0 Å². The molecule has 0 saturated heterocycles. The first kappa shape index (κ1) is 11.9. The maximum Gasteiger partial charge on any atom is 0.316 e. The van der Waals surface area contributed by atoms with Crippen LogP contribution in [-0.4, -0.2) is 22.1 Å². The highest BCUT2D eigenvalue weighted by Gasteiger charge is 2.47. The number of rotatable bonds is 4. The first-order chi connectivity index (χ1) is 8.13. The van der Waals surface area contributed by atoms with Crippen LogP contribution in [0, 0.1) is 29.6 Å². The molecule has 3 heteroatoms. The van der Waals surface area contributed by atoms with Crippen LogP contribution in [0.5, 0.6) is 0 Å². The van der Waals surface area contributed by atoms with E-state index in [1.54, 1.807) is 11.8 Å². The van der Waals surface area contributed by atoms with Crippen LogP contribution in [0.2, 0.25) is 0 Å². The minimum absolute atomic E-state index is 0.229. The molecule has 0 spiro atoms. The van der Waals surface area contributed by atoms with Crippen LogP contribution in [0.15, 0.2) is 0 Å². The van der Waals surface area contributed by atoms with E-state index in [1.165, 1.54) is 32.1 Å². The normalized spacial score (nSPS) is 44.9. The van der Waals surface area contributed by atoms with Gasteiger partial charge >= 0.3 is 5.97 Å². The predicted octanol–water partition coefficient (Wildman–Crippen LogP) is 3.27. The summed E-state index contributed by atoms with van der Waals surface area (Å²) in [7, 11) is 0. The third-order valence-corrected chi connectivity index (χ3v) is 6.59. The summed E-state index contributed by atoms with van der Waals surface area (Å²) in [4.78, 5) is 10.9. The van der Waals surface area contributed by atoms with Gasteiger partial charge in [-0.2, -0.15) is 0 Å². The summed E-state index contributed by atoms with van der Waals surface area (Å²) in [6.45, 7) is 1.82. The van der Waals surface area contributed by atoms with E-state index in [2.05, 4.69) is 0 Å². The minimum Gasteiger partial charge on any atom is -0.480 e. The number of aliphatic carboxylic acids is 1. The van der Waals surface area contributed by atoms with E-state index in [1.807, 2.05) is 6.92 Å². The zero-order valence-corrected chi connectivity index (χ0v) is 11.3. The van der Waals surface area contributed by atoms with Crippen molar-refractivity contribution in [2.45, 2.75) is 44.3 Å². The van der Waals surface area contributed by atoms with Crippen LogP contribution in [0.3, 0.4) is 0 Å². The Morgan fingerprint density at radius 1 is 1.18 bits per heavy atom. The molecule has 0 amide bonds. The van der Waals surface area contributed by atoms with Crippen LogP contribution >= 0.6 is 11.8 Å². The smallest absolute Gasteiger partial charge is 0.316 e. The molecule has 0 aromatic rings. The Morgan fingerprint density at radius 3 is 2.18 bits per heavy atom. The number of carboxylic acids is 1. The first-order valence-electron chi connectivity index (χ1n) is 6.98. The predicted molar refractivity (Wildman–Crippen MR) is 70.1 cm³/mol. The van der Waals surface area contributed by atoms with Crippen LogP contribution in [-0.2, 0) is 4.79 Å². The summed E-state index contributed by atoms with van der Waals surface area (Å²) in [6, 6.07) is 0. The van der Waals surface area contributed by atoms with Crippen LogP contribution in [0.1, 0.15) is 39.0 Å². The zero-order valence-electron chi connectivity index (χ0n) is 10.5. The maximum absolute atomic E-state index is 10.9. The van der Waals surface area contributed by atoms with E-state index in [0.29, 0.717) is 0 Å². The Bertz CT molecular complexity index is 287. The van der Waals surface area contributed by atoms with Crippen molar-refractivity contribution in [2.75, 3.05) is 5.75 Å². The lowest BCUT2D eigenvalue weighted by Gasteiger charge is -2.54. The summed E-state index contributed by atoms with van der Waals surface area (Å²) >= 11 is 1.66. The average Bonchev–Trinajstić information content (AvgIpc) is 2.26. The fourth-order valence-electron chi connectivity index (χ4n) is 4.64. The third kappa shape index (κ3) is 2.23. The SMILES string of the molecule is CC(SCC1C2CC3CC(C2)CC1C3)C(=O)O. The highest BCUT2D eigenvalue weighted by Crippen LogP contribution is 2.57. The van der Waals surface area contributed by atoms with Gasteiger partial charge in [0.05, 0.1) is 5.25 Å². The van der Waals surface area contributed by atoms with Crippen molar-refractivity contribution in [1.82, 2.24) is 0 Å². The number of carboxylic acid groups (broad SMARTS) is 1. The molecule has 4 bridgehead atoms. The average molecular weight is 254 g/mol. The summed E-state index contributed by atoms with van der Waals surface area (Å²) in [5.41, 5.74) is 0. The fourth-order valence-corrected chi connectivity index (χ4v) is 5.83. The van der Waals surface area contributed by atoms with Gasteiger partial charge in [-0.1, -0.05) is 0 Å². The monoisotopic (exact) mass is 254 g/mol. The molecule has 96 valence electrons. The summed E-state index contributed by atoms with van der Waals surface area (Å²) in [6.07, 6.45) is 7.27. The Morgan fingerprint density at radius 2 is 1.71 bits per heavy atom. The number of hydrogen-bond acceptors (Lipinski definition) is 2. The molecule has 0 aromatic heterocycles. The molecule has 4 saturated carbocycles. The molecule has 0 radical (unpaired) electrons. The van der Waals surface area contributed by atoms with Crippen LogP contribution in [0.4, 0.5) is 0 Å². The van der Waals surface area contributed by atoms with Crippen LogP contribution < -0.4 is 0 Å². The quantitative estimate of drug-likeness (QED) is 0.836. The summed E-state index contributed by atoms with van der Waals surface area (Å²) in [5, 5.41) is 8.71. The second-order valence-corrected chi connectivity index (χ2v) is 7.78. The molecule has 1 N–H and O–H groups in total. The van der Waals surface area contributed by atoms with E-state index in [-0.39, 0.29) is 5.25 Å². The van der Waals surface area contributed by atoms with Gasteiger partial charge in [-0.25, -0.2) is 0 Å². The third-order valence-electron chi connectivity index (χ3n) is 5.31. The fraction of sp³-hybridized carbons (Fsp3) is 0.929. The van der Waals surface area contributed by atoms with Crippen LogP contribution in [0.25, 0.3) is 0 Å². The van der Waals surface area contributed by atoms with Gasteiger partial charge in [0.15, 0.2) is 0 Å². The molecule has 0 aliphatic heterocycles. The molecule has 0 heterocycles. The summed E-state index contributed by atoms with van der Waals surface area (Å²) in [5.74, 6) is 5.17. The van der Waals surface area contributed by atoms with Gasteiger partial charge in [0, 0.05) is 0 Å². The molecule has 4 aliphatic carbocycles. The van der Waals surface area contributed by atoms with E-state index in [0.717, 1.165) is 35.3 Å². The number of hydrogen-bond donors (Lipinski definition) is 1. The van der Waals surface area contributed by atoms with E-state index < -0.39 is 5.97 Å². The summed E-state index contributed by atoms with van der Waals surface area (Å²) < 4.78 is 0. The van der Waals surface area contributed by atoms with Gasteiger partial charge in [-0.3, -0.25) is 4.79 Å². The van der Waals surface area contributed by atoms with Crippen molar-refractivity contribution in [3.05, 3.63) is 0 Å². The lowest BCUT2D eigenvalue weighted by atomic mass is 9.52. The second kappa shape index (κ2) is 4.49. The van der Waals surface area contributed by atoms with E-state index >= 15 is 0 Å². The molecule has 1 atom stereocenters. The zero-order chi connectivity index (χ0) is 12.0. The van der Waals surface area contributed by atoms with Gasteiger partial charge in [0.2, 0.25) is 0 Å². The molecule has 4 rings (SSSR count). The van der Waals surface area contributed by atoms with Gasteiger partial charge < -0.3 is 5.11 Å². The minimum atomic E-state index is -0.654. The highest BCUT2D eigenvalue weighted by atomic mass is 32.2. The van der Waals surface area contributed by atoms with Gasteiger partial charge in [0.1, 0.15) is 0 Å². The molecule has 4 aliphatic rings. The Labute approximate surface area is 108 Å². The van der Waals surface area contributed by atoms with Crippen molar-refractivity contribution in [3.63, 3.8) is 0 Å². The van der Waals surface area contributed by atoms with Crippen molar-refractivity contribution in [3.8, 4) is 0 Å². The molecular weight excluding hydrogens is 232 g/mol. The first-order valence-corrected chi connectivity index (χ1v) is 8.02. The molecule has 4 fully saturated rings. The Balaban J connectivity index is 1.59. The van der Waals surface area contributed by atoms with Crippen molar-refractivity contribution in [2.24, 2.45) is 29.6 Å². The topological polar surface area (TPSA) is 37.3 Å². The second-order valence-electron chi connectivity index (χ2n) is 6.41. The van der Waals surface area contributed by atoms with E-state index in [9.17, 15) is 4.79 Å². The van der Waals surface area contributed by atoms with E-state index in [4.69, 9.17) is 5.11 Å². The highest BCUT2D eigenvalue weighted by molar-refractivity contribution is 8.00. The number of carbonyl (C=O) groups is 1. The lowest BCUT2D eigenvalue weighted by Crippen LogP contribution is -2.46. The lowest BCUT2D eigenvalue weighted by molar-refractivity contribution is -0.136. The number of thioether (sulfide) groups is 1.